The van der Waals surface area contributed by atoms with Crippen LogP contribution in [0.4, 0.5) is 5.82 Å². The van der Waals surface area contributed by atoms with Gasteiger partial charge < -0.3 is 10.2 Å². The third-order valence-corrected chi connectivity index (χ3v) is 2.67. The maximum Gasteiger partial charge on any atom is 0.133 e. The fourth-order valence-corrected chi connectivity index (χ4v) is 1.90. The molecule has 0 aliphatic carbocycles. The highest BCUT2D eigenvalue weighted by molar-refractivity contribution is 9.10. The van der Waals surface area contributed by atoms with Gasteiger partial charge in [-0.2, -0.15) is 0 Å². The highest BCUT2D eigenvalue weighted by Crippen LogP contribution is 2.21. The molecule has 0 aliphatic heterocycles. The normalized spacial score (nSPS) is 9.88. The lowest BCUT2D eigenvalue weighted by Gasteiger charge is -2.22. The van der Waals surface area contributed by atoms with Crippen molar-refractivity contribution in [1.82, 2.24) is 10.3 Å². The Bertz CT molecular complexity index is 384. The quantitative estimate of drug-likeness (QED) is 0.838. The predicted molar refractivity (Wildman–Crippen MR) is 71.4 cm³/mol. The van der Waals surface area contributed by atoms with Crippen LogP contribution in [0.25, 0.3) is 0 Å². The van der Waals surface area contributed by atoms with Crippen molar-refractivity contribution in [2.45, 2.75) is 13.5 Å². The van der Waals surface area contributed by atoms with Crippen LogP contribution in [-0.2, 0) is 6.54 Å². The minimum absolute atomic E-state index is 0.585. The van der Waals surface area contributed by atoms with Crippen LogP contribution in [0, 0.1) is 12.3 Å². The van der Waals surface area contributed by atoms with Crippen molar-refractivity contribution < 1.29 is 0 Å². The van der Waals surface area contributed by atoms with Gasteiger partial charge in [0.25, 0.3) is 0 Å². The number of aromatic nitrogens is 1. The number of nitrogens with zero attached hydrogens (tertiary/aromatic N) is 2. The summed E-state index contributed by atoms with van der Waals surface area (Å²) in [6.07, 6.45) is 7.15. The Kier molecular flexibility index (Phi) is 5.30. The van der Waals surface area contributed by atoms with Crippen molar-refractivity contribution in [2.75, 3.05) is 25.0 Å². The third-order valence-electron chi connectivity index (χ3n) is 2.24. The second-order valence-corrected chi connectivity index (χ2v) is 4.30. The van der Waals surface area contributed by atoms with Gasteiger partial charge in [-0.3, -0.25) is 0 Å². The van der Waals surface area contributed by atoms with Crippen molar-refractivity contribution >= 4 is 21.7 Å². The van der Waals surface area contributed by atoms with Crippen molar-refractivity contribution in [3.63, 3.8) is 0 Å². The average Bonchev–Trinajstić information content (AvgIpc) is 2.27. The van der Waals surface area contributed by atoms with Crippen molar-refractivity contribution in [2.24, 2.45) is 0 Å². The van der Waals surface area contributed by atoms with E-state index in [1.165, 1.54) is 0 Å². The molecule has 0 fully saturated rings. The van der Waals surface area contributed by atoms with E-state index in [1.54, 1.807) is 6.20 Å². The smallest absolute Gasteiger partial charge is 0.133 e. The SMILES string of the molecule is C#CCN(CC)c1ncc(Br)cc1CNC. The predicted octanol–water partition coefficient (Wildman–Crippen LogP) is 2.02. The molecule has 0 atom stereocenters. The highest BCUT2D eigenvalue weighted by atomic mass is 79.9. The Morgan fingerprint density at radius 2 is 2.38 bits per heavy atom. The Hall–Kier alpha value is -1.05. The lowest BCUT2D eigenvalue weighted by Crippen LogP contribution is -2.26. The first-order valence-corrected chi connectivity index (χ1v) is 5.99. The van der Waals surface area contributed by atoms with Gasteiger partial charge >= 0.3 is 0 Å². The Morgan fingerprint density at radius 1 is 1.62 bits per heavy atom. The molecule has 86 valence electrons. The Labute approximate surface area is 105 Å². The molecule has 0 bridgehead atoms. The molecule has 1 aromatic rings. The molecule has 0 saturated carbocycles. The summed E-state index contributed by atoms with van der Waals surface area (Å²) in [4.78, 5) is 6.51. The molecule has 4 heteroatoms. The zero-order valence-electron chi connectivity index (χ0n) is 9.63. The molecule has 1 heterocycles. The van der Waals surface area contributed by atoms with Gasteiger partial charge in [0.15, 0.2) is 0 Å². The molecule has 3 nitrogen and oxygen atoms in total. The van der Waals surface area contributed by atoms with Gasteiger partial charge in [-0.05, 0) is 36.0 Å². The van der Waals surface area contributed by atoms with E-state index < -0.39 is 0 Å². The van der Waals surface area contributed by atoms with Gasteiger partial charge in [0.2, 0.25) is 0 Å². The number of pyridine rings is 1. The molecule has 0 unspecified atom stereocenters. The van der Waals surface area contributed by atoms with E-state index in [0.717, 1.165) is 28.9 Å². The van der Waals surface area contributed by atoms with Crippen LogP contribution in [-0.4, -0.2) is 25.1 Å². The van der Waals surface area contributed by atoms with Gasteiger partial charge in [-0.15, -0.1) is 6.42 Å². The molecular formula is C12H16BrN3. The number of anilines is 1. The lowest BCUT2D eigenvalue weighted by molar-refractivity contribution is 0.793. The van der Waals surface area contributed by atoms with E-state index in [4.69, 9.17) is 6.42 Å². The molecule has 16 heavy (non-hydrogen) atoms. The monoisotopic (exact) mass is 281 g/mol. The number of hydrogen-bond donors (Lipinski definition) is 1. The third kappa shape index (κ3) is 3.22. The zero-order chi connectivity index (χ0) is 12.0. The second kappa shape index (κ2) is 6.51. The number of hydrogen-bond acceptors (Lipinski definition) is 3. The van der Waals surface area contributed by atoms with Crippen LogP contribution in [0.2, 0.25) is 0 Å². The minimum atomic E-state index is 0.585. The van der Waals surface area contributed by atoms with Crippen molar-refractivity contribution in [3.05, 3.63) is 22.3 Å². The highest BCUT2D eigenvalue weighted by Gasteiger charge is 2.10. The van der Waals surface area contributed by atoms with Crippen molar-refractivity contribution in [3.8, 4) is 12.3 Å². The molecule has 0 aliphatic rings. The van der Waals surface area contributed by atoms with Crippen LogP contribution in [0.5, 0.6) is 0 Å². The van der Waals surface area contributed by atoms with Crippen LogP contribution in [0.3, 0.4) is 0 Å². The summed E-state index contributed by atoms with van der Waals surface area (Å²) < 4.78 is 0.985. The van der Waals surface area contributed by atoms with E-state index in [-0.39, 0.29) is 0 Å². The van der Waals surface area contributed by atoms with Gasteiger partial charge in [-0.1, -0.05) is 5.92 Å². The molecule has 0 spiro atoms. The largest absolute Gasteiger partial charge is 0.345 e. The molecule has 1 N–H and O–H groups in total. The van der Waals surface area contributed by atoms with E-state index in [0.29, 0.717) is 6.54 Å². The van der Waals surface area contributed by atoms with Gasteiger partial charge in [-0.25, -0.2) is 4.98 Å². The standard InChI is InChI=1S/C12H16BrN3/c1-4-6-16(5-2)12-10(8-14-3)7-11(13)9-15-12/h1,7,9,14H,5-6,8H2,2-3H3. The van der Waals surface area contributed by atoms with Crippen LogP contribution in [0.1, 0.15) is 12.5 Å². The minimum Gasteiger partial charge on any atom is -0.345 e. The van der Waals surface area contributed by atoms with E-state index in [9.17, 15) is 0 Å². The van der Waals surface area contributed by atoms with Crippen LogP contribution in [0.15, 0.2) is 16.7 Å². The topological polar surface area (TPSA) is 28.2 Å². The van der Waals surface area contributed by atoms with E-state index in [2.05, 4.69) is 50.0 Å². The number of halogens is 1. The maximum atomic E-state index is 5.35. The number of rotatable bonds is 5. The average molecular weight is 282 g/mol. The Morgan fingerprint density at radius 3 is 2.94 bits per heavy atom. The first-order chi connectivity index (χ1) is 7.72. The van der Waals surface area contributed by atoms with Gasteiger partial charge in [0, 0.05) is 29.3 Å². The lowest BCUT2D eigenvalue weighted by atomic mass is 10.2. The summed E-state index contributed by atoms with van der Waals surface area (Å²) in [6, 6.07) is 2.07. The number of nitrogens with one attached hydrogen (secondary N) is 1. The first-order valence-electron chi connectivity index (χ1n) is 5.20. The molecule has 0 radical (unpaired) electrons. The van der Waals surface area contributed by atoms with E-state index in [1.807, 2.05) is 7.05 Å². The van der Waals surface area contributed by atoms with Gasteiger partial charge in [0.1, 0.15) is 5.82 Å². The summed E-state index contributed by atoms with van der Waals surface area (Å²) in [6.45, 7) is 4.30. The molecule has 0 saturated heterocycles. The molecule has 0 amide bonds. The zero-order valence-corrected chi connectivity index (χ0v) is 11.2. The second-order valence-electron chi connectivity index (χ2n) is 3.38. The first kappa shape index (κ1) is 13.0. The van der Waals surface area contributed by atoms with Gasteiger partial charge in [0.05, 0.1) is 6.54 Å². The maximum absolute atomic E-state index is 5.35. The molecule has 1 rings (SSSR count). The summed E-state index contributed by atoms with van der Waals surface area (Å²) >= 11 is 3.43. The van der Waals surface area contributed by atoms with Crippen molar-refractivity contribution in [1.29, 1.82) is 0 Å². The molecule has 1 aromatic heterocycles. The fraction of sp³-hybridized carbons (Fsp3) is 0.417. The summed E-state index contributed by atoms with van der Waals surface area (Å²) in [5.74, 6) is 3.61. The van der Waals surface area contributed by atoms with E-state index >= 15 is 0 Å². The Balaban J connectivity index is 3.05. The summed E-state index contributed by atoms with van der Waals surface area (Å²) in [5, 5.41) is 3.13. The molecule has 0 aromatic carbocycles. The molecular weight excluding hydrogens is 266 g/mol. The summed E-state index contributed by atoms with van der Waals surface area (Å²) in [7, 11) is 1.92. The number of terminal acetylenes is 1. The van der Waals surface area contributed by atoms with Crippen LogP contribution >= 0.6 is 15.9 Å². The van der Waals surface area contributed by atoms with Crippen LogP contribution < -0.4 is 10.2 Å². The summed E-state index contributed by atoms with van der Waals surface area (Å²) in [5.41, 5.74) is 1.15. The fourth-order valence-electron chi connectivity index (χ4n) is 1.53.